The lowest BCUT2D eigenvalue weighted by molar-refractivity contribution is 0.0662. The number of hydrogen-bond donors (Lipinski definition) is 0. The largest absolute Gasteiger partial charge is 0.459 e. The molecule has 0 aliphatic carbocycles. The lowest BCUT2D eigenvalue weighted by Crippen LogP contribution is -2.40. The van der Waals surface area contributed by atoms with Crippen LogP contribution < -0.4 is 0 Å². The van der Waals surface area contributed by atoms with Crippen LogP contribution in [-0.2, 0) is 6.42 Å². The van der Waals surface area contributed by atoms with Crippen LogP contribution in [0.2, 0.25) is 0 Å². The van der Waals surface area contributed by atoms with Crippen molar-refractivity contribution < 1.29 is 9.21 Å². The quantitative estimate of drug-likeness (QED) is 0.715. The van der Waals surface area contributed by atoms with Crippen molar-refractivity contribution in [1.82, 2.24) is 4.90 Å². The first kappa shape index (κ1) is 13.8. The summed E-state index contributed by atoms with van der Waals surface area (Å²) >= 11 is 0. The van der Waals surface area contributed by atoms with Gasteiger partial charge in [-0.3, -0.25) is 4.79 Å². The number of amides is 1. The molecule has 1 unspecified atom stereocenters. The molecular formula is C20H17NO2. The van der Waals surface area contributed by atoms with E-state index in [0.29, 0.717) is 12.3 Å². The van der Waals surface area contributed by atoms with Gasteiger partial charge < -0.3 is 9.32 Å². The van der Waals surface area contributed by atoms with Crippen molar-refractivity contribution in [2.24, 2.45) is 0 Å². The smallest absolute Gasteiger partial charge is 0.290 e. The molecule has 2 heterocycles. The van der Waals surface area contributed by atoms with Crippen LogP contribution in [0.3, 0.4) is 0 Å². The number of furan rings is 1. The molecule has 0 saturated heterocycles. The molecule has 0 N–H and O–H groups in total. The van der Waals surface area contributed by atoms with Gasteiger partial charge in [0, 0.05) is 6.54 Å². The van der Waals surface area contributed by atoms with Gasteiger partial charge in [0.25, 0.3) is 5.91 Å². The summed E-state index contributed by atoms with van der Waals surface area (Å²) in [7, 11) is 0. The molecule has 1 atom stereocenters. The lowest BCUT2D eigenvalue weighted by Gasteiger charge is -2.37. The molecule has 3 nitrogen and oxygen atoms in total. The minimum atomic E-state index is -0.0706. The Morgan fingerprint density at radius 2 is 1.74 bits per heavy atom. The predicted molar refractivity (Wildman–Crippen MR) is 88.2 cm³/mol. The summed E-state index contributed by atoms with van der Waals surface area (Å²) in [5.41, 5.74) is 3.63. The maximum absolute atomic E-state index is 12.9. The summed E-state index contributed by atoms with van der Waals surface area (Å²) in [5, 5.41) is 0. The van der Waals surface area contributed by atoms with Gasteiger partial charge in [-0.15, -0.1) is 0 Å². The van der Waals surface area contributed by atoms with Gasteiger partial charge in [0.15, 0.2) is 5.76 Å². The van der Waals surface area contributed by atoms with E-state index in [1.807, 2.05) is 29.2 Å². The average molecular weight is 303 g/mol. The van der Waals surface area contributed by atoms with Crippen LogP contribution in [0.4, 0.5) is 0 Å². The van der Waals surface area contributed by atoms with Gasteiger partial charge >= 0.3 is 0 Å². The zero-order valence-corrected chi connectivity index (χ0v) is 12.7. The van der Waals surface area contributed by atoms with E-state index in [2.05, 4.69) is 30.3 Å². The Morgan fingerprint density at radius 1 is 0.957 bits per heavy atom. The summed E-state index contributed by atoms with van der Waals surface area (Å²) in [6, 6.07) is 22.0. The Hall–Kier alpha value is -2.81. The molecular weight excluding hydrogens is 286 g/mol. The number of hydrogen-bond acceptors (Lipinski definition) is 2. The molecule has 23 heavy (non-hydrogen) atoms. The van der Waals surface area contributed by atoms with E-state index in [4.69, 9.17) is 4.42 Å². The standard InChI is InChI=1S/C20H17NO2/c22-20(18-11-6-14-23-18)21-13-12-15-7-4-5-10-17(15)19(21)16-8-2-1-3-9-16/h1-11,14,19H,12-13H2. The van der Waals surface area contributed by atoms with Crippen LogP contribution in [0.5, 0.6) is 0 Å². The summed E-state index contributed by atoms with van der Waals surface area (Å²) in [6.45, 7) is 0.691. The van der Waals surface area contributed by atoms with Crippen LogP contribution in [0.25, 0.3) is 0 Å². The molecule has 0 bridgehead atoms. The summed E-state index contributed by atoms with van der Waals surface area (Å²) < 4.78 is 5.33. The van der Waals surface area contributed by atoms with Crippen molar-refractivity contribution in [2.45, 2.75) is 12.5 Å². The Bertz CT molecular complexity index is 809. The number of carbonyl (C=O) groups is 1. The molecule has 0 fully saturated rings. The van der Waals surface area contributed by atoms with Crippen molar-refractivity contribution in [3.63, 3.8) is 0 Å². The maximum Gasteiger partial charge on any atom is 0.290 e. The van der Waals surface area contributed by atoms with Gasteiger partial charge in [-0.1, -0.05) is 54.6 Å². The second-order valence-electron chi connectivity index (χ2n) is 5.74. The Morgan fingerprint density at radius 3 is 2.52 bits per heavy atom. The SMILES string of the molecule is O=C(c1ccco1)N1CCc2ccccc2C1c1ccccc1. The normalized spacial score (nSPS) is 16.9. The number of carbonyl (C=O) groups excluding carboxylic acids is 1. The van der Waals surface area contributed by atoms with Crippen LogP contribution in [0.1, 0.15) is 33.3 Å². The van der Waals surface area contributed by atoms with Crippen molar-refractivity contribution in [1.29, 1.82) is 0 Å². The third kappa shape index (κ3) is 2.44. The Kier molecular flexibility index (Phi) is 3.46. The summed E-state index contributed by atoms with van der Waals surface area (Å²) in [6.07, 6.45) is 2.41. The highest BCUT2D eigenvalue weighted by atomic mass is 16.3. The molecule has 3 heteroatoms. The van der Waals surface area contributed by atoms with Crippen LogP contribution in [-0.4, -0.2) is 17.4 Å². The van der Waals surface area contributed by atoms with Gasteiger partial charge in [-0.2, -0.15) is 0 Å². The third-order valence-electron chi connectivity index (χ3n) is 4.39. The molecule has 1 aliphatic heterocycles. The first-order valence-corrected chi connectivity index (χ1v) is 7.82. The van der Waals surface area contributed by atoms with E-state index >= 15 is 0 Å². The van der Waals surface area contributed by atoms with E-state index in [9.17, 15) is 4.79 Å². The number of fused-ring (bicyclic) bond motifs is 1. The molecule has 0 saturated carbocycles. The fraction of sp³-hybridized carbons (Fsp3) is 0.150. The van der Waals surface area contributed by atoms with Gasteiger partial charge in [0.1, 0.15) is 0 Å². The first-order valence-electron chi connectivity index (χ1n) is 7.82. The predicted octanol–water partition coefficient (Wildman–Crippen LogP) is 4.07. The molecule has 1 amide bonds. The van der Waals surface area contributed by atoms with E-state index in [1.165, 1.54) is 11.1 Å². The maximum atomic E-state index is 12.9. The zero-order valence-electron chi connectivity index (χ0n) is 12.7. The number of benzene rings is 2. The molecule has 0 radical (unpaired) electrons. The number of rotatable bonds is 2. The van der Waals surface area contributed by atoms with E-state index in [0.717, 1.165) is 12.0 Å². The molecule has 114 valence electrons. The fourth-order valence-electron chi connectivity index (χ4n) is 3.32. The van der Waals surface area contributed by atoms with Crippen molar-refractivity contribution >= 4 is 5.91 Å². The number of nitrogens with zero attached hydrogens (tertiary/aromatic N) is 1. The van der Waals surface area contributed by atoms with Crippen LogP contribution in [0, 0.1) is 0 Å². The minimum Gasteiger partial charge on any atom is -0.459 e. The van der Waals surface area contributed by atoms with Crippen LogP contribution in [0.15, 0.2) is 77.4 Å². The highest BCUT2D eigenvalue weighted by Gasteiger charge is 2.33. The highest BCUT2D eigenvalue weighted by molar-refractivity contribution is 5.92. The first-order chi connectivity index (χ1) is 11.3. The lowest BCUT2D eigenvalue weighted by atomic mass is 9.88. The van der Waals surface area contributed by atoms with Crippen molar-refractivity contribution in [3.8, 4) is 0 Å². The van der Waals surface area contributed by atoms with Gasteiger partial charge in [-0.05, 0) is 35.2 Å². The Labute approximate surface area is 135 Å². The highest BCUT2D eigenvalue weighted by Crippen LogP contribution is 2.35. The van der Waals surface area contributed by atoms with Gasteiger partial charge in [0.05, 0.1) is 12.3 Å². The van der Waals surface area contributed by atoms with Crippen molar-refractivity contribution in [2.75, 3.05) is 6.54 Å². The van der Waals surface area contributed by atoms with Gasteiger partial charge in [-0.25, -0.2) is 0 Å². The van der Waals surface area contributed by atoms with E-state index in [1.54, 1.807) is 18.4 Å². The summed E-state index contributed by atoms with van der Waals surface area (Å²) in [4.78, 5) is 14.8. The molecule has 1 aliphatic rings. The molecule has 0 spiro atoms. The third-order valence-corrected chi connectivity index (χ3v) is 4.39. The summed E-state index contributed by atoms with van der Waals surface area (Å²) in [5.74, 6) is 0.337. The molecule has 3 aromatic rings. The molecule has 2 aromatic carbocycles. The topological polar surface area (TPSA) is 33.5 Å². The van der Waals surface area contributed by atoms with Gasteiger partial charge in [0.2, 0.25) is 0 Å². The monoisotopic (exact) mass is 303 g/mol. The molecule has 4 rings (SSSR count). The second-order valence-corrected chi connectivity index (χ2v) is 5.74. The van der Waals surface area contributed by atoms with E-state index in [-0.39, 0.29) is 11.9 Å². The zero-order chi connectivity index (χ0) is 15.6. The average Bonchev–Trinajstić information content (AvgIpc) is 3.15. The fourth-order valence-corrected chi connectivity index (χ4v) is 3.32. The Balaban J connectivity index is 1.81. The van der Waals surface area contributed by atoms with Crippen molar-refractivity contribution in [3.05, 3.63) is 95.4 Å². The minimum absolute atomic E-state index is 0.0571. The second kappa shape index (κ2) is 5.76. The van der Waals surface area contributed by atoms with E-state index < -0.39 is 0 Å². The van der Waals surface area contributed by atoms with Crippen LogP contribution >= 0.6 is 0 Å². The molecule has 1 aromatic heterocycles.